The number of carbonyl (C=O) groups excluding carboxylic acids is 1. The van der Waals surface area contributed by atoms with Gasteiger partial charge in [0, 0.05) is 55.8 Å². The molecule has 2 aliphatic rings. The van der Waals surface area contributed by atoms with E-state index in [1.54, 1.807) is 12.3 Å². The summed E-state index contributed by atoms with van der Waals surface area (Å²) >= 11 is 6.94. The van der Waals surface area contributed by atoms with Crippen molar-refractivity contribution in [3.05, 3.63) is 105 Å². The van der Waals surface area contributed by atoms with Crippen LogP contribution in [0.15, 0.2) is 67.0 Å². The Hall–Kier alpha value is -4.66. The van der Waals surface area contributed by atoms with E-state index in [0.29, 0.717) is 41.7 Å². The number of rotatable bonds is 15. The number of nitrogens with zero attached hydrogens (tertiary/aromatic N) is 4. The van der Waals surface area contributed by atoms with Gasteiger partial charge in [0.15, 0.2) is 0 Å². The number of hydrogen-bond acceptors (Lipinski definition) is 10. The van der Waals surface area contributed by atoms with Crippen molar-refractivity contribution in [3.8, 4) is 34.4 Å². The monoisotopic (exact) mass is 766 g/mol. The number of aliphatic hydroxyl groups is 1. The molecule has 4 aromatic rings. The number of ether oxygens (including phenoxy) is 4. The van der Waals surface area contributed by atoms with Gasteiger partial charge >= 0.3 is 5.97 Å². The standard InChI is InChI=1S/C44H51ClN4O6/c1-30-34(10-7-11-37(30)38-12-8-13-40(31(38)2)53-19-9-16-48-18-14-36(50)27-48)29-55-42-22-41(54-28-33-20-32(23-46)24-47-25-33)35(21-39(42)45)26-49-17-6-5-15-44(49,3)43(51)52-4/h7-8,10-13,20-22,24-25,36,50H,5-6,9,14-19,26-29H2,1-4H3/t36-,44?/m1/s1. The number of β-amino-alcohol motifs (C(OH)–C–C–N with tert-alkyl or cyclic N) is 1. The Morgan fingerprint density at radius 3 is 2.51 bits per heavy atom. The van der Waals surface area contributed by atoms with Crippen LogP contribution in [0.2, 0.25) is 5.02 Å². The summed E-state index contributed by atoms with van der Waals surface area (Å²) in [5.41, 5.74) is 6.62. The Kier molecular flexibility index (Phi) is 13.3. The SMILES string of the molecule is COC(=O)C1(C)CCCCN1Cc1cc(Cl)c(OCc2cccc(-c3cccc(OCCCN4CC[C@@H](O)C4)c3C)c2C)cc1OCc1cncc(C#N)c1. The van der Waals surface area contributed by atoms with Gasteiger partial charge < -0.3 is 29.0 Å². The van der Waals surface area contributed by atoms with E-state index >= 15 is 0 Å². The minimum absolute atomic E-state index is 0.177. The second-order valence-corrected chi connectivity index (χ2v) is 15.2. The molecule has 2 atom stereocenters. The Morgan fingerprint density at radius 1 is 0.964 bits per heavy atom. The van der Waals surface area contributed by atoms with Crippen molar-refractivity contribution in [1.82, 2.24) is 14.8 Å². The molecular formula is C44H51ClN4O6. The van der Waals surface area contributed by atoms with Crippen molar-refractivity contribution < 1.29 is 28.8 Å². The average Bonchev–Trinajstić information content (AvgIpc) is 3.62. The van der Waals surface area contributed by atoms with Crippen molar-refractivity contribution in [2.45, 2.75) is 84.3 Å². The lowest BCUT2D eigenvalue weighted by Gasteiger charge is -2.42. The van der Waals surface area contributed by atoms with Gasteiger partial charge in [-0.3, -0.25) is 14.7 Å². The summed E-state index contributed by atoms with van der Waals surface area (Å²) < 4.78 is 24.3. The van der Waals surface area contributed by atoms with E-state index in [4.69, 9.17) is 30.5 Å². The Labute approximate surface area is 329 Å². The molecule has 0 radical (unpaired) electrons. The number of aliphatic hydroxyl groups excluding tert-OH is 1. The quantitative estimate of drug-likeness (QED) is 0.0949. The lowest BCUT2D eigenvalue weighted by atomic mass is 9.88. The molecule has 10 nitrogen and oxygen atoms in total. The predicted molar refractivity (Wildman–Crippen MR) is 212 cm³/mol. The highest BCUT2D eigenvalue weighted by Crippen LogP contribution is 2.39. The number of benzene rings is 3. The fraction of sp³-hybridized carbons (Fsp3) is 0.432. The number of nitriles is 1. The highest BCUT2D eigenvalue weighted by Gasteiger charge is 2.42. The Bertz CT molecular complexity index is 2020. The number of aromatic nitrogens is 1. The zero-order valence-corrected chi connectivity index (χ0v) is 33.0. The number of piperidine rings is 1. The maximum Gasteiger partial charge on any atom is 0.325 e. The van der Waals surface area contributed by atoms with Gasteiger partial charge in [0.2, 0.25) is 0 Å². The zero-order chi connectivity index (χ0) is 39.0. The van der Waals surface area contributed by atoms with E-state index in [1.807, 2.05) is 37.3 Å². The molecule has 1 aromatic heterocycles. The topological polar surface area (TPSA) is 117 Å². The minimum Gasteiger partial charge on any atom is -0.493 e. The maximum absolute atomic E-state index is 13.0. The third-order valence-electron chi connectivity index (χ3n) is 11.0. The molecule has 0 amide bonds. The van der Waals surface area contributed by atoms with Crippen molar-refractivity contribution >= 4 is 17.6 Å². The second kappa shape index (κ2) is 18.3. The number of pyridine rings is 1. The van der Waals surface area contributed by atoms with Crippen LogP contribution in [0.3, 0.4) is 0 Å². The average molecular weight is 767 g/mol. The van der Waals surface area contributed by atoms with E-state index in [0.717, 1.165) is 96.6 Å². The van der Waals surface area contributed by atoms with Crippen LogP contribution in [0.5, 0.6) is 17.2 Å². The number of likely N-dealkylation sites (tertiary alicyclic amines) is 2. The first kappa shape index (κ1) is 40.0. The summed E-state index contributed by atoms with van der Waals surface area (Å²) in [6.45, 7) is 10.9. The van der Waals surface area contributed by atoms with Crippen LogP contribution < -0.4 is 14.2 Å². The first-order chi connectivity index (χ1) is 26.6. The van der Waals surface area contributed by atoms with Gasteiger partial charge in [-0.2, -0.15) is 5.26 Å². The molecule has 6 rings (SSSR count). The van der Waals surface area contributed by atoms with Crippen LogP contribution in [-0.4, -0.2) is 77.4 Å². The number of carbonyl (C=O) groups is 1. The van der Waals surface area contributed by atoms with Crippen LogP contribution in [-0.2, 0) is 29.3 Å². The summed E-state index contributed by atoms with van der Waals surface area (Å²) in [6.07, 6.45) is 7.32. The summed E-state index contributed by atoms with van der Waals surface area (Å²) in [5.74, 6) is 1.64. The van der Waals surface area contributed by atoms with E-state index in [9.17, 15) is 15.2 Å². The molecule has 55 heavy (non-hydrogen) atoms. The molecule has 0 spiro atoms. The van der Waals surface area contributed by atoms with Gasteiger partial charge in [-0.05, 0) is 105 Å². The first-order valence-electron chi connectivity index (χ1n) is 19.1. The van der Waals surface area contributed by atoms with Gasteiger partial charge in [0.05, 0.1) is 30.4 Å². The Morgan fingerprint density at radius 2 is 1.75 bits per heavy atom. The zero-order valence-electron chi connectivity index (χ0n) is 32.3. The molecule has 1 unspecified atom stereocenters. The molecule has 3 aromatic carbocycles. The predicted octanol–water partition coefficient (Wildman–Crippen LogP) is 7.80. The van der Waals surface area contributed by atoms with Gasteiger partial charge in [0.25, 0.3) is 0 Å². The van der Waals surface area contributed by atoms with Crippen LogP contribution in [0.4, 0.5) is 0 Å². The van der Waals surface area contributed by atoms with E-state index < -0.39 is 5.54 Å². The molecule has 290 valence electrons. The van der Waals surface area contributed by atoms with Crippen molar-refractivity contribution in [3.63, 3.8) is 0 Å². The van der Waals surface area contributed by atoms with Gasteiger partial charge in [0.1, 0.15) is 42.1 Å². The lowest BCUT2D eigenvalue weighted by molar-refractivity contribution is -0.157. The largest absolute Gasteiger partial charge is 0.493 e. The fourth-order valence-corrected chi connectivity index (χ4v) is 7.90. The summed E-state index contributed by atoms with van der Waals surface area (Å²) in [6, 6.07) is 19.9. The minimum atomic E-state index is -0.776. The second-order valence-electron chi connectivity index (χ2n) is 14.8. The lowest BCUT2D eigenvalue weighted by Crippen LogP contribution is -2.55. The summed E-state index contributed by atoms with van der Waals surface area (Å²) in [7, 11) is 1.43. The van der Waals surface area contributed by atoms with Gasteiger partial charge in [-0.1, -0.05) is 41.9 Å². The number of halogens is 1. The van der Waals surface area contributed by atoms with Crippen molar-refractivity contribution in [2.24, 2.45) is 0 Å². The molecule has 0 saturated carbocycles. The van der Waals surface area contributed by atoms with Crippen LogP contribution >= 0.6 is 11.6 Å². The summed E-state index contributed by atoms with van der Waals surface area (Å²) in [5, 5.41) is 19.6. The third-order valence-corrected chi connectivity index (χ3v) is 11.3. The highest BCUT2D eigenvalue weighted by atomic mass is 35.5. The van der Waals surface area contributed by atoms with E-state index in [-0.39, 0.29) is 25.3 Å². The number of esters is 1. The Balaban J connectivity index is 1.20. The number of hydrogen-bond donors (Lipinski definition) is 1. The van der Waals surface area contributed by atoms with Crippen LogP contribution in [0, 0.1) is 25.2 Å². The highest BCUT2D eigenvalue weighted by molar-refractivity contribution is 6.32. The van der Waals surface area contributed by atoms with E-state index in [1.165, 1.54) is 13.3 Å². The van der Waals surface area contributed by atoms with Crippen molar-refractivity contribution in [2.75, 3.05) is 39.9 Å². The molecule has 2 aliphatic heterocycles. The molecule has 11 heteroatoms. The smallest absolute Gasteiger partial charge is 0.325 e. The maximum atomic E-state index is 13.0. The molecule has 0 bridgehead atoms. The van der Waals surface area contributed by atoms with Crippen LogP contribution in [0.25, 0.3) is 11.1 Å². The van der Waals surface area contributed by atoms with Crippen LogP contribution in [0.1, 0.15) is 72.4 Å². The summed E-state index contributed by atoms with van der Waals surface area (Å²) in [4.78, 5) is 21.6. The molecule has 1 N–H and O–H groups in total. The van der Waals surface area contributed by atoms with Gasteiger partial charge in [-0.25, -0.2) is 0 Å². The molecule has 2 fully saturated rings. The first-order valence-corrected chi connectivity index (χ1v) is 19.4. The molecular weight excluding hydrogens is 716 g/mol. The normalized spacial score (nSPS) is 18.8. The van der Waals surface area contributed by atoms with Gasteiger partial charge in [-0.15, -0.1) is 0 Å². The third kappa shape index (κ3) is 9.60. The van der Waals surface area contributed by atoms with Crippen molar-refractivity contribution in [1.29, 1.82) is 5.26 Å². The number of methoxy groups -OCH3 is 1. The van der Waals surface area contributed by atoms with E-state index in [2.05, 4.69) is 52.9 Å². The molecule has 2 saturated heterocycles. The molecule has 0 aliphatic carbocycles. The molecule has 3 heterocycles. The fourth-order valence-electron chi connectivity index (χ4n) is 7.66.